The Hall–Kier alpha value is -0.890. The molecule has 1 N–H and O–H groups in total. The van der Waals surface area contributed by atoms with Crippen LogP contribution in [-0.4, -0.2) is 16.2 Å². The average Bonchev–Trinajstić information content (AvgIpc) is 2.71. The van der Waals surface area contributed by atoms with Crippen molar-refractivity contribution in [2.24, 2.45) is 5.92 Å². The molecule has 0 amide bonds. The van der Waals surface area contributed by atoms with Gasteiger partial charge in [-0.3, -0.25) is 4.98 Å². The number of aliphatic hydroxyl groups is 1. The molecule has 0 spiro atoms. The normalized spacial score (nSPS) is 19.3. The second-order valence-electron chi connectivity index (χ2n) is 4.61. The lowest BCUT2D eigenvalue weighted by Gasteiger charge is -2.14. The fraction of sp³-hybridized carbons (Fsp3) is 0.615. The summed E-state index contributed by atoms with van der Waals surface area (Å²) in [5, 5.41) is 9.94. The molecule has 82 valence electrons. The van der Waals surface area contributed by atoms with Crippen LogP contribution in [0.15, 0.2) is 24.5 Å². The monoisotopic (exact) mass is 205 g/mol. The molecule has 0 bridgehead atoms. The third-order valence-corrected chi connectivity index (χ3v) is 3.27. The Morgan fingerprint density at radius 1 is 1.40 bits per heavy atom. The Kier molecular flexibility index (Phi) is 3.73. The number of pyridine rings is 1. The highest BCUT2D eigenvalue weighted by molar-refractivity contribution is 5.09. The standard InChI is InChI=1S/C13H19NO/c15-13(8-11-4-1-2-5-11)9-12-6-3-7-14-10-12/h3,6-7,10-11,13,15H,1-2,4-5,8-9H2. The number of rotatable bonds is 4. The molecule has 0 radical (unpaired) electrons. The van der Waals surface area contributed by atoms with E-state index in [2.05, 4.69) is 4.98 Å². The second kappa shape index (κ2) is 5.26. The van der Waals surface area contributed by atoms with E-state index in [1.165, 1.54) is 25.7 Å². The van der Waals surface area contributed by atoms with Crippen LogP contribution in [-0.2, 0) is 6.42 Å². The van der Waals surface area contributed by atoms with Gasteiger partial charge in [0.05, 0.1) is 6.10 Å². The second-order valence-corrected chi connectivity index (χ2v) is 4.61. The summed E-state index contributed by atoms with van der Waals surface area (Å²) in [5.41, 5.74) is 1.14. The number of hydrogen-bond donors (Lipinski definition) is 1. The quantitative estimate of drug-likeness (QED) is 0.819. The Balaban J connectivity index is 1.79. The molecule has 2 nitrogen and oxygen atoms in total. The zero-order chi connectivity index (χ0) is 10.5. The Labute approximate surface area is 91.4 Å². The molecule has 0 saturated heterocycles. The van der Waals surface area contributed by atoms with Gasteiger partial charge >= 0.3 is 0 Å². The van der Waals surface area contributed by atoms with Crippen LogP contribution in [0.3, 0.4) is 0 Å². The average molecular weight is 205 g/mol. The van der Waals surface area contributed by atoms with E-state index >= 15 is 0 Å². The van der Waals surface area contributed by atoms with E-state index in [9.17, 15) is 5.11 Å². The summed E-state index contributed by atoms with van der Waals surface area (Å²) in [7, 11) is 0. The summed E-state index contributed by atoms with van der Waals surface area (Å²) < 4.78 is 0. The SMILES string of the molecule is OC(Cc1cccnc1)CC1CCCC1. The van der Waals surface area contributed by atoms with Crippen molar-refractivity contribution in [3.8, 4) is 0 Å². The van der Waals surface area contributed by atoms with Gasteiger partial charge in [-0.15, -0.1) is 0 Å². The molecule has 1 saturated carbocycles. The lowest BCUT2D eigenvalue weighted by atomic mass is 9.96. The van der Waals surface area contributed by atoms with E-state index in [0.29, 0.717) is 0 Å². The van der Waals surface area contributed by atoms with E-state index in [1.54, 1.807) is 6.20 Å². The first kappa shape index (κ1) is 10.6. The van der Waals surface area contributed by atoms with Crippen LogP contribution in [0.4, 0.5) is 0 Å². The van der Waals surface area contributed by atoms with Gasteiger partial charge in [0.25, 0.3) is 0 Å². The van der Waals surface area contributed by atoms with Crippen LogP contribution in [0.2, 0.25) is 0 Å². The van der Waals surface area contributed by atoms with Crippen molar-refractivity contribution in [3.63, 3.8) is 0 Å². The minimum Gasteiger partial charge on any atom is -0.393 e. The van der Waals surface area contributed by atoms with Crippen molar-refractivity contribution >= 4 is 0 Å². The van der Waals surface area contributed by atoms with Gasteiger partial charge in [0, 0.05) is 12.4 Å². The highest BCUT2D eigenvalue weighted by atomic mass is 16.3. The molecule has 2 rings (SSSR count). The first-order valence-corrected chi connectivity index (χ1v) is 5.91. The maximum absolute atomic E-state index is 9.94. The van der Waals surface area contributed by atoms with Crippen LogP contribution in [0, 0.1) is 5.92 Å². The van der Waals surface area contributed by atoms with Gasteiger partial charge < -0.3 is 5.11 Å². The molecule has 1 fully saturated rings. The third kappa shape index (κ3) is 3.31. The first-order chi connectivity index (χ1) is 7.34. The number of hydrogen-bond acceptors (Lipinski definition) is 2. The molecule has 1 unspecified atom stereocenters. The Morgan fingerprint density at radius 2 is 2.20 bits per heavy atom. The van der Waals surface area contributed by atoms with Crippen molar-refractivity contribution < 1.29 is 5.11 Å². The molecule has 2 heteroatoms. The van der Waals surface area contributed by atoms with E-state index in [0.717, 1.165) is 24.3 Å². The molecule has 0 aromatic carbocycles. The van der Waals surface area contributed by atoms with E-state index in [4.69, 9.17) is 0 Å². The van der Waals surface area contributed by atoms with Crippen LogP contribution < -0.4 is 0 Å². The highest BCUT2D eigenvalue weighted by Gasteiger charge is 2.18. The summed E-state index contributed by atoms with van der Waals surface area (Å²) >= 11 is 0. The zero-order valence-corrected chi connectivity index (χ0v) is 9.10. The zero-order valence-electron chi connectivity index (χ0n) is 9.10. The lowest BCUT2D eigenvalue weighted by molar-refractivity contribution is 0.143. The van der Waals surface area contributed by atoms with Crippen LogP contribution in [0.5, 0.6) is 0 Å². The molecular weight excluding hydrogens is 186 g/mol. The van der Waals surface area contributed by atoms with Crippen molar-refractivity contribution in [3.05, 3.63) is 30.1 Å². The van der Waals surface area contributed by atoms with Gasteiger partial charge in [-0.1, -0.05) is 31.7 Å². The minimum absolute atomic E-state index is 0.183. The lowest BCUT2D eigenvalue weighted by Crippen LogP contribution is -2.14. The highest BCUT2D eigenvalue weighted by Crippen LogP contribution is 2.29. The van der Waals surface area contributed by atoms with Crippen molar-refractivity contribution in [2.75, 3.05) is 0 Å². The van der Waals surface area contributed by atoms with Crippen LogP contribution >= 0.6 is 0 Å². The summed E-state index contributed by atoms with van der Waals surface area (Å²) in [6, 6.07) is 3.96. The summed E-state index contributed by atoms with van der Waals surface area (Å²) in [5.74, 6) is 0.761. The van der Waals surface area contributed by atoms with E-state index in [1.807, 2.05) is 18.3 Å². The number of aliphatic hydroxyl groups excluding tert-OH is 1. The topological polar surface area (TPSA) is 33.1 Å². The minimum atomic E-state index is -0.183. The summed E-state index contributed by atoms with van der Waals surface area (Å²) in [6.45, 7) is 0. The van der Waals surface area contributed by atoms with Gasteiger partial charge in [-0.2, -0.15) is 0 Å². The van der Waals surface area contributed by atoms with E-state index in [-0.39, 0.29) is 6.10 Å². The first-order valence-electron chi connectivity index (χ1n) is 5.91. The van der Waals surface area contributed by atoms with E-state index < -0.39 is 0 Å². The predicted octanol–water partition coefficient (Wildman–Crippen LogP) is 2.57. The maximum atomic E-state index is 9.94. The summed E-state index contributed by atoms with van der Waals surface area (Å²) in [4.78, 5) is 4.06. The third-order valence-electron chi connectivity index (χ3n) is 3.27. The molecule has 1 atom stereocenters. The summed E-state index contributed by atoms with van der Waals surface area (Å²) in [6.07, 6.45) is 10.5. The molecule has 1 aliphatic carbocycles. The van der Waals surface area contributed by atoms with Crippen molar-refractivity contribution in [1.29, 1.82) is 0 Å². The molecule has 1 aliphatic rings. The molecule has 15 heavy (non-hydrogen) atoms. The maximum Gasteiger partial charge on any atom is 0.0583 e. The fourth-order valence-corrected chi connectivity index (χ4v) is 2.51. The number of aromatic nitrogens is 1. The van der Waals surface area contributed by atoms with Gasteiger partial charge in [0.15, 0.2) is 0 Å². The largest absolute Gasteiger partial charge is 0.393 e. The van der Waals surface area contributed by atoms with Crippen molar-refractivity contribution in [1.82, 2.24) is 4.98 Å². The van der Waals surface area contributed by atoms with Crippen LogP contribution in [0.25, 0.3) is 0 Å². The molecular formula is C13H19NO. The Bertz CT molecular complexity index is 280. The molecule has 1 heterocycles. The van der Waals surface area contributed by atoms with Gasteiger partial charge in [0.2, 0.25) is 0 Å². The molecule has 0 aliphatic heterocycles. The van der Waals surface area contributed by atoms with Crippen LogP contribution in [0.1, 0.15) is 37.7 Å². The molecule has 1 aromatic rings. The van der Waals surface area contributed by atoms with Gasteiger partial charge in [-0.25, -0.2) is 0 Å². The number of nitrogens with zero attached hydrogens (tertiary/aromatic N) is 1. The predicted molar refractivity (Wildman–Crippen MR) is 60.5 cm³/mol. The fourth-order valence-electron chi connectivity index (χ4n) is 2.51. The molecule has 1 aromatic heterocycles. The smallest absolute Gasteiger partial charge is 0.0583 e. The van der Waals surface area contributed by atoms with Gasteiger partial charge in [-0.05, 0) is 30.4 Å². The Morgan fingerprint density at radius 3 is 2.87 bits per heavy atom. The van der Waals surface area contributed by atoms with Crippen molar-refractivity contribution in [2.45, 2.75) is 44.6 Å². The van der Waals surface area contributed by atoms with Gasteiger partial charge in [0.1, 0.15) is 0 Å².